The fourth-order valence-corrected chi connectivity index (χ4v) is 3.51. The van der Waals surface area contributed by atoms with Crippen molar-refractivity contribution in [2.75, 3.05) is 6.26 Å². The third kappa shape index (κ3) is 4.06. The van der Waals surface area contributed by atoms with Crippen LogP contribution in [-0.4, -0.2) is 37.9 Å². The summed E-state index contributed by atoms with van der Waals surface area (Å²) in [5.74, 6) is -0.337. The topological polar surface area (TPSA) is 77.9 Å². The molecular weight excluding hydrogens is 332 g/mol. The molecule has 3 rings (SSSR count). The largest absolute Gasteiger partial charge is 0.458 e. The molecule has 0 aliphatic heterocycles. The van der Waals surface area contributed by atoms with E-state index in [1.807, 2.05) is 6.26 Å². The number of ether oxygens (including phenoxy) is 1. The van der Waals surface area contributed by atoms with Crippen LogP contribution in [0.2, 0.25) is 0 Å². The van der Waals surface area contributed by atoms with Crippen molar-refractivity contribution >= 4 is 29.3 Å². The zero-order valence-corrected chi connectivity index (χ0v) is 14.5. The Bertz CT molecular complexity index is 652. The van der Waals surface area contributed by atoms with Gasteiger partial charge in [-0.25, -0.2) is 14.8 Å². The molecule has 122 valence electrons. The summed E-state index contributed by atoms with van der Waals surface area (Å²) in [7, 11) is 0. The Hall–Kier alpha value is -1.54. The van der Waals surface area contributed by atoms with Gasteiger partial charge in [0.05, 0.1) is 0 Å². The molecule has 1 aliphatic rings. The molecule has 2 aromatic heterocycles. The molecule has 0 radical (unpaired) electrons. The maximum Gasteiger partial charge on any atom is 0.352 e. The summed E-state index contributed by atoms with van der Waals surface area (Å²) >= 11 is 2.52. The maximum absolute atomic E-state index is 12.5. The molecule has 0 atom stereocenters. The number of hydrogen-bond donors (Lipinski definition) is 0. The number of carbonyl (C=O) groups excluding carboxylic acids is 1. The fraction of sp³-hybridized carbons (Fsp3) is 0.533. The lowest BCUT2D eigenvalue weighted by atomic mass is 10.1. The van der Waals surface area contributed by atoms with E-state index in [9.17, 15) is 4.79 Å². The summed E-state index contributed by atoms with van der Waals surface area (Å²) in [6, 6.07) is 0. The molecule has 0 N–H and O–H groups in total. The highest BCUT2D eigenvalue weighted by molar-refractivity contribution is 7.98. The Morgan fingerprint density at radius 3 is 2.57 bits per heavy atom. The molecule has 1 fully saturated rings. The second-order valence-corrected chi connectivity index (χ2v) is 6.96. The smallest absolute Gasteiger partial charge is 0.352 e. The molecule has 6 nitrogen and oxygen atoms in total. The van der Waals surface area contributed by atoms with Gasteiger partial charge in [0.25, 0.3) is 0 Å². The van der Waals surface area contributed by atoms with Crippen LogP contribution in [0.1, 0.15) is 48.2 Å². The van der Waals surface area contributed by atoms with Crippen molar-refractivity contribution in [1.82, 2.24) is 19.6 Å². The van der Waals surface area contributed by atoms with Crippen LogP contribution >= 0.6 is 23.3 Å². The molecule has 2 heterocycles. The number of hydrogen-bond acceptors (Lipinski definition) is 8. The molecule has 8 heteroatoms. The minimum atomic E-state index is -0.337. The van der Waals surface area contributed by atoms with Crippen LogP contribution in [0.5, 0.6) is 0 Å². The summed E-state index contributed by atoms with van der Waals surface area (Å²) in [6.07, 6.45) is 11.8. The van der Waals surface area contributed by atoms with E-state index in [0.29, 0.717) is 21.3 Å². The minimum Gasteiger partial charge on any atom is -0.458 e. The molecule has 0 saturated heterocycles. The molecule has 2 aromatic rings. The van der Waals surface area contributed by atoms with Gasteiger partial charge in [0.15, 0.2) is 10.0 Å². The van der Waals surface area contributed by atoms with E-state index in [4.69, 9.17) is 4.74 Å². The van der Waals surface area contributed by atoms with Gasteiger partial charge < -0.3 is 4.74 Å². The van der Waals surface area contributed by atoms with Crippen LogP contribution in [0, 0.1) is 0 Å². The van der Waals surface area contributed by atoms with Crippen LogP contribution in [0.25, 0.3) is 11.3 Å². The van der Waals surface area contributed by atoms with Crippen LogP contribution in [0.15, 0.2) is 17.6 Å². The van der Waals surface area contributed by atoms with Crippen molar-refractivity contribution in [3.63, 3.8) is 0 Å². The number of carbonyl (C=O) groups is 1. The quantitative estimate of drug-likeness (QED) is 0.361. The van der Waals surface area contributed by atoms with Crippen LogP contribution in [-0.2, 0) is 4.74 Å². The minimum absolute atomic E-state index is 0.00932. The van der Waals surface area contributed by atoms with Crippen molar-refractivity contribution in [2.24, 2.45) is 0 Å². The van der Waals surface area contributed by atoms with E-state index >= 15 is 0 Å². The molecule has 23 heavy (non-hydrogen) atoms. The van der Waals surface area contributed by atoms with E-state index < -0.39 is 0 Å². The van der Waals surface area contributed by atoms with Gasteiger partial charge in [-0.1, -0.05) is 29.1 Å². The Morgan fingerprint density at radius 2 is 1.91 bits per heavy atom. The first-order valence-corrected chi connectivity index (χ1v) is 9.67. The van der Waals surface area contributed by atoms with Crippen molar-refractivity contribution in [1.29, 1.82) is 0 Å². The third-order valence-corrected chi connectivity index (χ3v) is 5.12. The molecular formula is C15H18N4O2S2. The molecule has 0 bridgehead atoms. The number of aromatic nitrogens is 4. The van der Waals surface area contributed by atoms with E-state index in [2.05, 4.69) is 19.6 Å². The van der Waals surface area contributed by atoms with Gasteiger partial charge in [0.1, 0.15) is 11.8 Å². The summed E-state index contributed by atoms with van der Waals surface area (Å²) in [6.45, 7) is 0. The van der Waals surface area contributed by atoms with Gasteiger partial charge in [-0.3, -0.25) is 0 Å². The van der Waals surface area contributed by atoms with E-state index in [1.54, 1.807) is 12.4 Å². The average molecular weight is 350 g/mol. The van der Waals surface area contributed by atoms with Crippen molar-refractivity contribution in [2.45, 2.75) is 49.8 Å². The highest BCUT2D eigenvalue weighted by atomic mass is 32.2. The first-order chi connectivity index (χ1) is 11.3. The van der Waals surface area contributed by atoms with Crippen molar-refractivity contribution in [3.05, 3.63) is 17.3 Å². The van der Waals surface area contributed by atoms with Crippen molar-refractivity contribution in [3.8, 4) is 11.3 Å². The lowest BCUT2D eigenvalue weighted by molar-refractivity contribution is 0.0273. The lowest BCUT2D eigenvalue weighted by Gasteiger charge is -2.14. The summed E-state index contributed by atoms with van der Waals surface area (Å²) in [5, 5.41) is 4.74. The monoisotopic (exact) mass is 350 g/mol. The normalized spacial score (nSPS) is 16.0. The lowest BCUT2D eigenvalue weighted by Crippen LogP contribution is -2.17. The number of thioether (sulfide) groups is 1. The Kier molecular flexibility index (Phi) is 5.56. The van der Waals surface area contributed by atoms with Gasteiger partial charge in [0.2, 0.25) is 0 Å². The predicted molar refractivity (Wildman–Crippen MR) is 89.6 cm³/mol. The Balaban J connectivity index is 1.75. The summed E-state index contributed by atoms with van der Waals surface area (Å²) in [4.78, 5) is 21.3. The zero-order chi connectivity index (χ0) is 16.1. The highest BCUT2D eigenvalue weighted by Crippen LogP contribution is 2.26. The highest BCUT2D eigenvalue weighted by Gasteiger charge is 2.23. The van der Waals surface area contributed by atoms with Gasteiger partial charge in [-0.2, -0.15) is 0 Å². The molecule has 0 amide bonds. The average Bonchev–Trinajstić information content (AvgIpc) is 2.94. The second-order valence-electron chi connectivity index (χ2n) is 5.43. The van der Waals surface area contributed by atoms with E-state index in [1.165, 1.54) is 24.6 Å². The number of nitrogens with zero attached hydrogens (tertiary/aromatic N) is 4. The first kappa shape index (κ1) is 16.3. The van der Waals surface area contributed by atoms with Gasteiger partial charge in [0, 0.05) is 18.0 Å². The summed E-state index contributed by atoms with van der Waals surface area (Å²) < 4.78 is 9.57. The standard InChI is InChI=1S/C15H18N4O2S2/c1-22-15-16-8-10(9-17-15)12-13(23-19-18-12)14(20)21-11-6-4-2-3-5-7-11/h8-9,11H,2-7H2,1H3. The Morgan fingerprint density at radius 1 is 1.22 bits per heavy atom. The zero-order valence-electron chi connectivity index (χ0n) is 12.9. The van der Waals surface area contributed by atoms with Crippen LogP contribution < -0.4 is 0 Å². The molecule has 0 aromatic carbocycles. The Labute approximate surface area is 143 Å². The maximum atomic E-state index is 12.5. The molecule has 0 spiro atoms. The van der Waals surface area contributed by atoms with E-state index in [-0.39, 0.29) is 12.1 Å². The van der Waals surface area contributed by atoms with Crippen LogP contribution in [0.3, 0.4) is 0 Å². The summed E-state index contributed by atoms with van der Waals surface area (Å²) in [5.41, 5.74) is 1.19. The molecule has 1 saturated carbocycles. The van der Waals surface area contributed by atoms with Gasteiger partial charge in [-0.15, -0.1) is 5.10 Å². The SMILES string of the molecule is CSc1ncc(-c2nnsc2C(=O)OC2CCCCCC2)cn1. The molecule has 0 unspecified atom stereocenters. The van der Waals surface area contributed by atoms with Crippen molar-refractivity contribution < 1.29 is 9.53 Å². The van der Waals surface area contributed by atoms with E-state index in [0.717, 1.165) is 37.2 Å². The van der Waals surface area contributed by atoms with Crippen LogP contribution in [0.4, 0.5) is 0 Å². The first-order valence-electron chi connectivity index (χ1n) is 7.67. The third-order valence-electron chi connectivity index (χ3n) is 3.83. The number of esters is 1. The van der Waals surface area contributed by atoms with Gasteiger partial charge in [-0.05, 0) is 43.5 Å². The second kappa shape index (κ2) is 7.83. The van der Waals surface area contributed by atoms with Gasteiger partial charge >= 0.3 is 5.97 Å². The predicted octanol–water partition coefficient (Wildman–Crippen LogP) is 3.60. The fourth-order valence-electron chi connectivity index (χ4n) is 2.62. The molecule has 1 aliphatic carbocycles. The number of rotatable bonds is 4.